The number of hydrogen-bond donors (Lipinski definition) is 2. The Bertz CT molecular complexity index is 920. The number of carbonyl (C=O) groups is 1. The van der Waals surface area contributed by atoms with Gasteiger partial charge >= 0.3 is 5.97 Å². The van der Waals surface area contributed by atoms with Crippen molar-refractivity contribution in [2.45, 2.75) is 55.9 Å². The van der Waals surface area contributed by atoms with E-state index >= 15 is 0 Å². The third-order valence-corrected chi connectivity index (χ3v) is 7.20. The molecular formula is C22H26ClNO4S. The topological polar surface area (TPSA) is 83.5 Å². The smallest absolute Gasteiger partial charge is 0.303 e. The van der Waals surface area contributed by atoms with Crippen molar-refractivity contribution in [1.29, 1.82) is 0 Å². The lowest BCUT2D eigenvalue weighted by molar-refractivity contribution is -0.136. The highest BCUT2D eigenvalue weighted by atomic mass is 35.5. The predicted octanol–water partition coefficient (Wildman–Crippen LogP) is 4.96. The molecule has 0 amide bonds. The lowest BCUT2D eigenvalue weighted by atomic mass is 9.81. The molecule has 0 heterocycles. The number of rotatable bonds is 8. The van der Waals surface area contributed by atoms with E-state index in [0.717, 1.165) is 36.8 Å². The fourth-order valence-corrected chi connectivity index (χ4v) is 5.32. The van der Waals surface area contributed by atoms with Crippen LogP contribution in [0.5, 0.6) is 0 Å². The molecular weight excluding hydrogens is 410 g/mol. The molecule has 1 atom stereocenters. The van der Waals surface area contributed by atoms with Crippen molar-refractivity contribution in [1.82, 2.24) is 4.72 Å². The van der Waals surface area contributed by atoms with Crippen LogP contribution in [0.25, 0.3) is 0 Å². The molecule has 5 nitrogen and oxygen atoms in total. The monoisotopic (exact) mass is 435 g/mol. The van der Waals surface area contributed by atoms with Crippen LogP contribution >= 0.6 is 11.6 Å². The Morgan fingerprint density at radius 3 is 2.24 bits per heavy atom. The number of nitrogens with one attached hydrogen (secondary N) is 1. The van der Waals surface area contributed by atoms with Crippen LogP contribution in [0, 0.1) is 5.92 Å². The zero-order valence-electron chi connectivity index (χ0n) is 16.2. The predicted molar refractivity (Wildman–Crippen MR) is 113 cm³/mol. The standard InChI is InChI=1S/C22H26ClNO4S/c23-19-11-13-20(14-12-19)29(27,28)24-22(17-4-2-1-3-5-17)18-9-6-16(7-10-18)8-15-21(25)26/h6-7,9-14,17,22,24H,1-5,8,15H2,(H,25,26). The molecule has 0 aromatic heterocycles. The molecule has 0 radical (unpaired) electrons. The summed E-state index contributed by atoms with van der Waals surface area (Å²) in [6, 6.07) is 13.5. The number of sulfonamides is 1. The minimum absolute atomic E-state index is 0.0780. The van der Waals surface area contributed by atoms with Gasteiger partial charge < -0.3 is 5.11 Å². The second-order valence-corrected chi connectivity index (χ2v) is 9.74. The molecule has 0 spiro atoms. The number of carboxylic acid groups (broad SMARTS) is 1. The van der Waals surface area contributed by atoms with E-state index in [1.54, 1.807) is 12.1 Å². The van der Waals surface area contributed by atoms with Gasteiger partial charge in [-0.05, 0) is 60.6 Å². The van der Waals surface area contributed by atoms with Gasteiger partial charge in [0.2, 0.25) is 10.0 Å². The molecule has 2 aromatic rings. The van der Waals surface area contributed by atoms with Crippen molar-refractivity contribution in [3.05, 3.63) is 64.7 Å². The van der Waals surface area contributed by atoms with Gasteiger partial charge in [-0.3, -0.25) is 4.79 Å². The highest BCUT2D eigenvalue weighted by Gasteiger charge is 2.29. The van der Waals surface area contributed by atoms with E-state index in [4.69, 9.17) is 16.7 Å². The summed E-state index contributed by atoms with van der Waals surface area (Å²) in [5.41, 5.74) is 1.84. The summed E-state index contributed by atoms with van der Waals surface area (Å²) in [5.74, 6) is -0.597. The summed E-state index contributed by atoms with van der Waals surface area (Å²) < 4.78 is 28.9. The van der Waals surface area contributed by atoms with Crippen LogP contribution in [0.4, 0.5) is 0 Å². The first-order valence-electron chi connectivity index (χ1n) is 9.94. The van der Waals surface area contributed by atoms with E-state index < -0.39 is 16.0 Å². The molecule has 1 aliphatic carbocycles. The Balaban J connectivity index is 1.84. The molecule has 0 bridgehead atoms. The molecule has 3 rings (SSSR count). The lowest BCUT2D eigenvalue weighted by Crippen LogP contribution is -2.34. The molecule has 7 heteroatoms. The zero-order valence-corrected chi connectivity index (χ0v) is 17.8. The first-order chi connectivity index (χ1) is 13.8. The van der Waals surface area contributed by atoms with Crippen LogP contribution in [0.1, 0.15) is 55.7 Å². The Kier molecular flexibility index (Phi) is 7.33. The Labute approximate surface area is 177 Å². The van der Waals surface area contributed by atoms with E-state index in [-0.39, 0.29) is 23.3 Å². The van der Waals surface area contributed by atoms with Gasteiger partial charge in [0, 0.05) is 17.5 Å². The van der Waals surface area contributed by atoms with E-state index in [9.17, 15) is 13.2 Å². The second kappa shape index (κ2) is 9.74. The van der Waals surface area contributed by atoms with Crippen molar-refractivity contribution >= 4 is 27.6 Å². The van der Waals surface area contributed by atoms with E-state index in [1.165, 1.54) is 18.6 Å². The van der Waals surface area contributed by atoms with Crippen molar-refractivity contribution in [2.75, 3.05) is 0 Å². The first-order valence-corrected chi connectivity index (χ1v) is 11.8. The van der Waals surface area contributed by atoms with Crippen molar-refractivity contribution in [3.63, 3.8) is 0 Å². The van der Waals surface area contributed by atoms with Crippen molar-refractivity contribution in [3.8, 4) is 0 Å². The highest BCUT2D eigenvalue weighted by molar-refractivity contribution is 7.89. The van der Waals surface area contributed by atoms with E-state index in [1.807, 2.05) is 24.3 Å². The normalized spacial score (nSPS) is 16.4. The van der Waals surface area contributed by atoms with Crippen LogP contribution in [0.15, 0.2) is 53.4 Å². The maximum absolute atomic E-state index is 13.0. The molecule has 1 fully saturated rings. The fourth-order valence-electron chi connectivity index (χ4n) is 3.90. The number of hydrogen-bond acceptors (Lipinski definition) is 3. The third-order valence-electron chi connectivity index (χ3n) is 5.49. The molecule has 2 aromatic carbocycles. The van der Waals surface area contributed by atoms with E-state index in [0.29, 0.717) is 11.4 Å². The molecule has 1 aliphatic rings. The molecule has 2 N–H and O–H groups in total. The van der Waals surface area contributed by atoms with Crippen LogP contribution in [-0.2, 0) is 21.2 Å². The molecule has 29 heavy (non-hydrogen) atoms. The van der Waals surface area contributed by atoms with Gasteiger partial charge in [-0.1, -0.05) is 55.1 Å². The molecule has 156 valence electrons. The number of aliphatic carboxylic acids is 1. The Morgan fingerprint density at radius 1 is 1.03 bits per heavy atom. The van der Waals surface area contributed by atoms with Gasteiger partial charge in [0.25, 0.3) is 0 Å². The van der Waals surface area contributed by atoms with Gasteiger partial charge in [-0.15, -0.1) is 0 Å². The minimum Gasteiger partial charge on any atom is -0.481 e. The molecule has 0 aliphatic heterocycles. The fraction of sp³-hybridized carbons (Fsp3) is 0.409. The summed E-state index contributed by atoms with van der Waals surface area (Å²) in [6.45, 7) is 0. The van der Waals surface area contributed by atoms with Crippen LogP contribution < -0.4 is 4.72 Å². The average Bonchev–Trinajstić information content (AvgIpc) is 2.72. The van der Waals surface area contributed by atoms with E-state index in [2.05, 4.69) is 4.72 Å². The summed E-state index contributed by atoms with van der Waals surface area (Å²) in [4.78, 5) is 11.0. The molecule has 1 unspecified atom stereocenters. The summed E-state index contributed by atoms with van der Waals surface area (Å²) in [7, 11) is -3.69. The van der Waals surface area contributed by atoms with Gasteiger partial charge in [0.15, 0.2) is 0 Å². The van der Waals surface area contributed by atoms with Crippen molar-refractivity contribution < 1.29 is 18.3 Å². The third kappa shape index (κ3) is 6.04. The second-order valence-electron chi connectivity index (χ2n) is 7.59. The van der Waals surface area contributed by atoms with Crippen LogP contribution in [0.3, 0.4) is 0 Å². The van der Waals surface area contributed by atoms with Crippen LogP contribution in [-0.4, -0.2) is 19.5 Å². The van der Waals surface area contributed by atoms with Gasteiger partial charge in [-0.25, -0.2) is 13.1 Å². The number of benzene rings is 2. The maximum Gasteiger partial charge on any atom is 0.303 e. The SMILES string of the molecule is O=C(O)CCc1ccc(C(NS(=O)(=O)c2ccc(Cl)cc2)C2CCCCC2)cc1. The van der Waals surface area contributed by atoms with Gasteiger partial charge in [0.1, 0.15) is 0 Å². The van der Waals surface area contributed by atoms with Gasteiger partial charge in [-0.2, -0.15) is 0 Å². The molecule has 0 saturated heterocycles. The molecule has 1 saturated carbocycles. The zero-order chi connectivity index (χ0) is 20.9. The lowest BCUT2D eigenvalue weighted by Gasteiger charge is -2.31. The summed E-state index contributed by atoms with van der Waals surface area (Å²) in [6.07, 6.45) is 5.88. The van der Waals surface area contributed by atoms with Gasteiger partial charge in [0.05, 0.1) is 4.90 Å². The van der Waals surface area contributed by atoms with Crippen molar-refractivity contribution in [2.24, 2.45) is 5.92 Å². The van der Waals surface area contributed by atoms with Crippen LogP contribution in [0.2, 0.25) is 5.02 Å². The number of halogens is 1. The average molecular weight is 436 g/mol. The minimum atomic E-state index is -3.69. The summed E-state index contributed by atoms with van der Waals surface area (Å²) in [5, 5.41) is 9.35. The number of aryl methyl sites for hydroxylation is 1. The number of carboxylic acids is 1. The first kappa shape index (κ1) is 21.8. The largest absolute Gasteiger partial charge is 0.481 e. The quantitative estimate of drug-likeness (QED) is 0.614. The highest BCUT2D eigenvalue weighted by Crippen LogP contribution is 2.35. The Hall–Kier alpha value is -1.89. The maximum atomic E-state index is 13.0. The summed E-state index contributed by atoms with van der Waals surface area (Å²) >= 11 is 5.89. The Morgan fingerprint density at radius 2 is 1.66 bits per heavy atom.